The Morgan fingerprint density at radius 2 is 0.535 bits per heavy atom. The van der Waals surface area contributed by atoms with Crippen molar-refractivity contribution in [1.82, 2.24) is 40.4 Å². The van der Waals surface area contributed by atoms with Crippen molar-refractivity contribution < 1.29 is 48.3 Å². The van der Waals surface area contributed by atoms with Crippen molar-refractivity contribution >= 4 is 11.6 Å². The Balaban J connectivity index is 0.000000400. The molecule has 0 spiro atoms. The molecule has 12 aromatic carbocycles. The number of rotatable bonds is 14. The quantitative estimate of drug-likeness (QED) is 0.101. The van der Waals surface area contributed by atoms with E-state index in [9.17, 15) is 48.3 Å². The third-order valence-electron chi connectivity index (χ3n) is 23.1. The van der Waals surface area contributed by atoms with Crippen LogP contribution in [0.1, 0.15) is 365 Å². The van der Waals surface area contributed by atoms with E-state index in [0.717, 1.165) is 67.4 Å². The third-order valence-corrected chi connectivity index (χ3v) is 23.3. The molecule has 768 valence electrons. The zero-order valence-electron chi connectivity index (χ0n) is 90.0. The molecule has 2 aromatic heterocycles. The Morgan fingerprint density at radius 1 is 0.261 bits per heavy atom. The molecule has 0 amide bonds. The Labute approximate surface area is 848 Å². The molecule has 8 nitrogen and oxygen atoms in total. The van der Waals surface area contributed by atoms with Crippen molar-refractivity contribution in [2.24, 2.45) is 7.05 Å². The smallest absolute Gasteiger partial charge is 0.229 e. The van der Waals surface area contributed by atoms with Crippen LogP contribution in [0.5, 0.6) is 0 Å². The average molecular weight is 1980 g/mol. The van der Waals surface area contributed by atoms with E-state index < -0.39 is 35.2 Å². The Morgan fingerprint density at radius 3 is 0.803 bits per heavy atom. The number of tetrazole rings is 2. The highest BCUT2D eigenvalue weighted by Crippen LogP contribution is 2.37. The van der Waals surface area contributed by atoms with Crippen LogP contribution < -0.4 is 0 Å². The lowest BCUT2D eigenvalue weighted by molar-refractivity contribution is -0.138. The first-order valence-corrected chi connectivity index (χ1v) is 49.3. The minimum Gasteiger partial charge on any atom is -0.229 e. The summed E-state index contributed by atoms with van der Waals surface area (Å²) < 4.78 is 141. The molecule has 142 heavy (non-hydrogen) atoms. The molecular formula is C122H156ClF11N8. The average Bonchev–Trinajstić information content (AvgIpc) is 1.18. The summed E-state index contributed by atoms with van der Waals surface area (Å²) in [4.78, 5) is 0. The van der Waals surface area contributed by atoms with E-state index in [-0.39, 0.29) is 40.5 Å². The van der Waals surface area contributed by atoms with E-state index in [1.807, 2.05) is 104 Å². The molecule has 14 aromatic rings. The molecule has 14 rings (SSSR count). The van der Waals surface area contributed by atoms with Gasteiger partial charge in [-0.2, -0.15) is 44.2 Å². The summed E-state index contributed by atoms with van der Waals surface area (Å²) in [5, 5.41) is 23.6. The highest BCUT2D eigenvalue weighted by atomic mass is 35.5. The molecule has 0 aliphatic carbocycles. The van der Waals surface area contributed by atoms with Crippen LogP contribution >= 0.6 is 11.6 Å². The van der Waals surface area contributed by atoms with Crippen molar-refractivity contribution in [2.75, 3.05) is 0 Å². The number of alkyl halides is 9. The first-order chi connectivity index (χ1) is 66.2. The molecular weight excluding hydrogens is 1820 g/mol. The minimum absolute atomic E-state index is 0.101. The Hall–Kier alpha value is -11.7. The largest absolute Gasteiger partial charge is 0.416 e. The van der Waals surface area contributed by atoms with Crippen LogP contribution in [0.3, 0.4) is 0 Å². The van der Waals surface area contributed by atoms with Crippen molar-refractivity contribution in [3.63, 3.8) is 0 Å². The third kappa shape index (κ3) is 46.6. The lowest BCUT2D eigenvalue weighted by Gasteiger charge is -2.13. The van der Waals surface area contributed by atoms with Gasteiger partial charge in [0.1, 0.15) is 11.6 Å². The van der Waals surface area contributed by atoms with Gasteiger partial charge < -0.3 is 0 Å². The lowest BCUT2D eigenvalue weighted by Crippen LogP contribution is -2.08. The summed E-state index contributed by atoms with van der Waals surface area (Å²) in [6.07, 6.45) is -12.7. The summed E-state index contributed by atoms with van der Waals surface area (Å²) in [5.74, 6) is 6.82. The van der Waals surface area contributed by atoms with Gasteiger partial charge in [-0.15, -0.1) is 10.2 Å². The highest BCUT2D eigenvalue weighted by Gasteiger charge is 2.34. The van der Waals surface area contributed by atoms with Crippen LogP contribution in [-0.4, -0.2) is 40.4 Å². The second-order valence-corrected chi connectivity index (χ2v) is 39.8. The first kappa shape index (κ1) is 124. The van der Waals surface area contributed by atoms with E-state index in [4.69, 9.17) is 11.6 Å². The maximum atomic E-state index is 12.9. The summed E-state index contributed by atoms with van der Waals surface area (Å²) in [7, 11) is 1.84. The molecule has 0 fully saturated rings. The standard InChI is InChI=1S/2C11H13F3.2C11H14N4.C10H11F3.C10H13F.4C10H14.C9H11Cl.C9H11F/c2*1-7(2)9-5-4-8(3)10(6-9)11(12,13)14;1-8(2)9-4-6-10(7-5-9)11-12-13-14-15(11)3;1-8(2)10-4-6-11(7-5-10)15-9(3)12-13-14-15;1-7(2)8-4-3-5-9(6-8)10(11,12)13;1-7(2)9-5-4-8(3)10(11)6-9;4*1-8(2)10-6-4-9(3)5-7-10;2*1-7(2)8-4-3-5-9(10)6-8/h2*4-7H,1-3H3;2*4-8H,1-3H3;3-7H,1-2H3;4-7H,1-3H3;4*4-8H,1-3H3;2*3-7H,1-2H3. The minimum atomic E-state index is -4.24. The molecule has 0 saturated heterocycles. The van der Waals surface area contributed by atoms with Gasteiger partial charge in [-0.05, 0) is 291 Å². The maximum Gasteiger partial charge on any atom is 0.416 e. The van der Waals surface area contributed by atoms with Crippen LogP contribution in [0.15, 0.2) is 273 Å². The van der Waals surface area contributed by atoms with Gasteiger partial charge in [0.2, 0.25) is 0 Å². The van der Waals surface area contributed by atoms with Crippen molar-refractivity contribution in [3.05, 3.63) is 418 Å². The molecule has 2 heterocycles. The highest BCUT2D eigenvalue weighted by molar-refractivity contribution is 6.30. The van der Waals surface area contributed by atoms with Gasteiger partial charge in [0.25, 0.3) is 0 Å². The lowest BCUT2D eigenvalue weighted by atomic mass is 9.98. The maximum absolute atomic E-state index is 12.9. The summed E-state index contributed by atoms with van der Waals surface area (Å²) in [6.45, 7) is 65.3. The van der Waals surface area contributed by atoms with Crippen molar-refractivity contribution in [3.8, 4) is 17.1 Å². The normalized spacial score (nSPS) is 11.0. The van der Waals surface area contributed by atoms with Gasteiger partial charge in [0.05, 0.1) is 22.4 Å². The molecule has 0 atom stereocenters. The van der Waals surface area contributed by atoms with E-state index in [1.54, 1.807) is 52.7 Å². The molecule has 20 heteroatoms. The number of halogens is 12. The fourth-order valence-corrected chi connectivity index (χ4v) is 13.3. The molecule has 0 N–H and O–H groups in total. The summed E-state index contributed by atoms with van der Waals surface area (Å²) in [5.41, 5.74) is 21.0. The van der Waals surface area contributed by atoms with E-state index in [2.05, 4.69) is 323 Å². The molecule has 0 saturated carbocycles. The zero-order chi connectivity index (χ0) is 107. The predicted molar refractivity (Wildman–Crippen MR) is 575 cm³/mol. The Bertz CT molecular complexity index is 5480. The number of hydrogen-bond acceptors (Lipinski definition) is 6. The zero-order valence-corrected chi connectivity index (χ0v) is 90.8. The number of benzene rings is 12. The molecule has 0 unspecified atom stereocenters. The predicted octanol–water partition coefficient (Wildman–Crippen LogP) is 38.3. The molecule has 0 radical (unpaired) electrons. The molecule has 0 bridgehead atoms. The van der Waals surface area contributed by atoms with E-state index >= 15 is 0 Å². The number of nitrogens with zero attached hydrogens (tertiary/aromatic N) is 8. The van der Waals surface area contributed by atoms with Crippen molar-refractivity contribution in [2.45, 2.75) is 311 Å². The van der Waals surface area contributed by atoms with Gasteiger partial charge in [0, 0.05) is 17.6 Å². The van der Waals surface area contributed by atoms with Crippen LogP contribution in [0.25, 0.3) is 17.1 Å². The van der Waals surface area contributed by atoms with Crippen LogP contribution in [0, 0.1) is 67.0 Å². The van der Waals surface area contributed by atoms with Gasteiger partial charge in [0.15, 0.2) is 11.6 Å². The summed E-state index contributed by atoms with van der Waals surface area (Å²) >= 11 is 5.79. The van der Waals surface area contributed by atoms with Crippen LogP contribution in [0.4, 0.5) is 48.3 Å². The Kier molecular flexibility index (Phi) is 53.7. The van der Waals surface area contributed by atoms with Gasteiger partial charge in [-0.3, -0.25) is 0 Å². The van der Waals surface area contributed by atoms with E-state index in [0.29, 0.717) is 53.3 Å². The van der Waals surface area contributed by atoms with E-state index in [1.165, 1.54) is 118 Å². The van der Waals surface area contributed by atoms with Gasteiger partial charge in [-0.1, -0.05) is 412 Å². The van der Waals surface area contributed by atoms with Crippen LogP contribution in [0.2, 0.25) is 5.02 Å². The molecule has 0 aliphatic rings. The van der Waals surface area contributed by atoms with Gasteiger partial charge >= 0.3 is 18.5 Å². The van der Waals surface area contributed by atoms with Crippen molar-refractivity contribution in [1.29, 1.82) is 0 Å². The first-order valence-electron chi connectivity index (χ1n) is 49.0. The molecule has 0 aliphatic heterocycles. The monoisotopic (exact) mass is 1980 g/mol. The van der Waals surface area contributed by atoms with Gasteiger partial charge in [-0.25, -0.2) is 13.5 Å². The number of aryl methyl sites for hydroxylation is 9. The SMILES string of the molecule is CC(C)c1ccc(-c2nnnn2C)cc1.CC(C)c1cccc(C(F)(F)F)c1.CC(C)c1cccc(Cl)c1.CC(C)c1cccc(F)c1.Cc1ccc(C(C)C)cc1.Cc1ccc(C(C)C)cc1.Cc1ccc(C(C)C)cc1.Cc1ccc(C(C)C)cc1.Cc1ccc(C(C)C)cc1C(F)(F)F.Cc1ccc(C(C)C)cc1C(F)(F)F.Cc1ccc(C(C)C)cc1F.Cc1nnnn1-c1ccc(C(C)C)cc1. The fourth-order valence-electron chi connectivity index (χ4n) is 13.1. The van der Waals surface area contributed by atoms with Crippen LogP contribution in [-0.2, 0) is 25.6 Å². The fraction of sp³-hybridized carbons (Fsp3) is 0.393. The topological polar surface area (TPSA) is 87.2 Å². The summed E-state index contributed by atoms with van der Waals surface area (Å²) in [6, 6.07) is 86.1. The second-order valence-electron chi connectivity index (χ2n) is 39.4. The second kappa shape index (κ2) is 61.3. The number of hydrogen-bond donors (Lipinski definition) is 0. The number of aromatic nitrogens is 8.